The molecule has 0 aliphatic rings. The molecule has 0 saturated heterocycles. The van der Waals surface area contributed by atoms with E-state index in [0.29, 0.717) is 13.0 Å². The molecule has 1 aromatic rings. The molecule has 0 aliphatic heterocycles. The van der Waals surface area contributed by atoms with E-state index in [2.05, 4.69) is 20.7 Å². The number of benzene rings is 1. The van der Waals surface area contributed by atoms with Crippen LogP contribution in [0, 0.1) is 5.82 Å². The Labute approximate surface area is 114 Å². The van der Waals surface area contributed by atoms with Crippen LogP contribution in [0.3, 0.4) is 0 Å². The molecule has 0 heterocycles. The number of hydrogen-bond acceptors (Lipinski definition) is 4. The summed E-state index contributed by atoms with van der Waals surface area (Å²) in [7, 11) is -2.21. The van der Waals surface area contributed by atoms with Crippen molar-refractivity contribution in [3.8, 4) is 0 Å². The maximum absolute atomic E-state index is 13.1. The predicted octanol–water partition coefficient (Wildman–Crippen LogP) is 1.49. The number of rotatable bonds is 6. The number of anilines is 1. The lowest BCUT2D eigenvalue weighted by molar-refractivity contribution is 0.196. The molecule has 0 unspecified atom stereocenters. The third-order valence-corrected chi connectivity index (χ3v) is 4.28. The normalized spacial score (nSPS) is 11.7. The first-order valence-corrected chi connectivity index (χ1v) is 7.39. The number of halogens is 2. The van der Waals surface area contributed by atoms with Crippen LogP contribution in [0.15, 0.2) is 21.5 Å². The summed E-state index contributed by atoms with van der Waals surface area (Å²) >= 11 is 2.92. The van der Waals surface area contributed by atoms with Crippen LogP contribution in [0.5, 0.6) is 0 Å². The molecule has 0 radical (unpaired) electrons. The first-order chi connectivity index (χ1) is 8.38. The minimum atomic E-state index is -3.74. The maximum atomic E-state index is 13.1. The van der Waals surface area contributed by atoms with Crippen LogP contribution >= 0.6 is 15.9 Å². The van der Waals surface area contributed by atoms with Crippen molar-refractivity contribution in [2.24, 2.45) is 0 Å². The summed E-state index contributed by atoms with van der Waals surface area (Å²) in [5.74, 6) is -0.606. The van der Waals surface area contributed by atoms with E-state index in [4.69, 9.17) is 10.5 Å². The maximum Gasteiger partial charge on any atom is 0.242 e. The van der Waals surface area contributed by atoms with Gasteiger partial charge < -0.3 is 10.5 Å². The Hall–Kier alpha value is -0.700. The molecule has 0 spiro atoms. The van der Waals surface area contributed by atoms with Crippen molar-refractivity contribution in [2.45, 2.75) is 11.3 Å². The third kappa shape index (κ3) is 3.91. The second-order valence-corrected chi connectivity index (χ2v) is 6.14. The van der Waals surface area contributed by atoms with E-state index in [1.54, 1.807) is 0 Å². The molecule has 3 N–H and O–H groups in total. The number of nitrogen functional groups attached to an aromatic ring is 1. The molecular formula is C10H14BrFN2O3S. The highest BCUT2D eigenvalue weighted by atomic mass is 79.9. The molecule has 1 aromatic carbocycles. The van der Waals surface area contributed by atoms with Gasteiger partial charge in [0.05, 0.1) is 10.2 Å². The lowest BCUT2D eigenvalue weighted by atomic mass is 10.3. The minimum Gasteiger partial charge on any atom is -0.398 e. The van der Waals surface area contributed by atoms with Crippen LogP contribution in [0.1, 0.15) is 6.42 Å². The van der Waals surface area contributed by atoms with E-state index >= 15 is 0 Å². The molecule has 102 valence electrons. The largest absolute Gasteiger partial charge is 0.398 e. The molecule has 0 saturated carbocycles. The van der Waals surface area contributed by atoms with Crippen molar-refractivity contribution in [3.05, 3.63) is 22.4 Å². The summed E-state index contributed by atoms with van der Waals surface area (Å²) in [5, 5.41) is 0. The zero-order chi connectivity index (χ0) is 13.8. The Bertz CT molecular complexity index is 522. The predicted molar refractivity (Wildman–Crippen MR) is 70.2 cm³/mol. The van der Waals surface area contributed by atoms with Crippen LogP contribution in [0.4, 0.5) is 10.1 Å². The van der Waals surface area contributed by atoms with Crippen molar-refractivity contribution in [2.75, 3.05) is 26.0 Å². The molecular weight excluding hydrogens is 327 g/mol. The lowest BCUT2D eigenvalue weighted by Crippen LogP contribution is -2.26. The number of nitrogens with two attached hydrogens (primary N) is 1. The van der Waals surface area contributed by atoms with Crippen LogP contribution < -0.4 is 10.5 Å². The fraction of sp³-hybridized carbons (Fsp3) is 0.400. The van der Waals surface area contributed by atoms with Crippen molar-refractivity contribution in [1.82, 2.24) is 4.72 Å². The topological polar surface area (TPSA) is 81.4 Å². The molecule has 5 nitrogen and oxygen atoms in total. The summed E-state index contributed by atoms with van der Waals surface area (Å²) in [6.45, 7) is 0.676. The SMILES string of the molecule is COCCCNS(=O)(=O)c1cc(Br)c(F)cc1N. The van der Waals surface area contributed by atoms with Gasteiger partial charge in [-0.05, 0) is 34.5 Å². The number of sulfonamides is 1. The van der Waals surface area contributed by atoms with Gasteiger partial charge in [0.2, 0.25) is 10.0 Å². The third-order valence-electron chi connectivity index (χ3n) is 2.16. The number of methoxy groups -OCH3 is 1. The Kier molecular flexibility index (Phi) is 5.51. The quantitative estimate of drug-likeness (QED) is 0.607. The fourth-order valence-electron chi connectivity index (χ4n) is 1.28. The van der Waals surface area contributed by atoms with Gasteiger partial charge in [-0.2, -0.15) is 0 Å². The van der Waals surface area contributed by atoms with Crippen LogP contribution in [0.25, 0.3) is 0 Å². The molecule has 0 fully saturated rings. The van der Waals surface area contributed by atoms with E-state index in [-0.39, 0.29) is 21.6 Å². The van der Waals surface area contributed by atoms with Gasteiger partial charge in [-0.15, -0.1) is 0 Å². The zero-order valence-corrected chi connectivity index (χ0v) is 12.1. The number of ether oxygens (including phenoxy) is 1. The Morgan fingerprint density at radius 3 is 2.78 bits per heavy atom. The highest BCUT2D eigenvalue weighted by Crippen LogP contribution is 2.25. The average Bonchev–Trinajstić information content (AvgIpc) is 2.29. The van der Waals surface area contributed by atoms with Gasteiger partial charge in [0.25, 0.3) is 0 Å². The van der Waals surface area contributed by atoms with E-state index in [0.717, 1.165) is 12.1 Å². The Balaban J connectivity index is 2.88. The molecule has 18 heavy (non-hydrogen) atoms. The molecule has 8 heteroatoms. The van der Waals surface area contributed by atoms with Crippen molar-refractivity contribution >= 4 is 31.6 Å². The van der Waals surface area contributed by atoms with Gasteiger partial charge >= 0.3 is 0 Å². The van der Waals surface area contributed by atoms with E-state index in [9.17, 15) is 12.8 Å². The summed E-state index contributed by atoms with van der Waals surface area (Å²) in [6, 6.07) is 2.11. The highest BCUT2D eigenvalue weighted by Gasteiger charge is 2.19. The summed E-state index contributed by atoms with van der Waals surface area (Å²) in [5.41, 5.74) is 5.37. The van der Waals surface area contributed by atoms with E-state index < -0.39 is 15.8 Å². The van der Waals surface area contributed by atoms with Crippen molar-refractivity contribution < 1.29 is 17.5 Å². The van der Waals surface area contributed by atoms with Gasteiger partial charge in [0.15, 0.2) is 0 Å². The second kappa shape index (κ2) is 6.46. The van der Waals surface area contributed by atoms with Gasteiger partial charge in [0, 0.05) is 20.3 Å². The van der Waals surface area contributed by atoms with Gasteiger partial charge in [0.1, 0.15) is 10.7 Å². The van der Waals surface area contributed by atoms with E-state index in [1.807, 2.05) is 0 Å². The smallest absolute Gasteiger partial charge is 0.242 e. The van der Waals surface area contributed by atoms with Gasteiger partial charge in [-0.3, -0.25) is 0 Å². The molecule has 0 atom stereocenters. The molecule has 0 bridgehead atoms. The molecule has 1 rings (SSSR count). The molecule has 0 amide bonds. The monoisotopic (exact) mass is 340 g/mol. The highest BCUT2D eigenvalue weighted by molar-refractivity contribution is 9.10. The Morgan fingerprint density at radius 1 is 1.50 bits per heavy atom. The standard InChI is InChI=1S/C10H14BrFN2O3S/c1-17-4-2-3-14-18(15,16)10-5-7(11)8(12)6-9(10)13/h5-6,14H,2-4,13H2,1H3. The molecule has 0 aromatic heterocycles. The first-order valence-electron chi connectivity index (χ1n) is 5.11. The molecule has 0 aliphatic carbocycles. The number of nitrogens with one attached hydrogen (secondary N) is 1. The second-order valence-electron chi connectivity index (χ2n) is 3.55. The average molecular weight is 341 g/mol. The lowest BCUT2D eigenvalue weighted by Gasteiger charge is -2.09. The van der Waals surface area contributed by atoms with Crippen LogP contribution in [0.2, 0.25) is 0 Å². The minimum absolute atomic E-state index is 0.0500. The van der Waals surface area contributed by atoms with Gasteiger partial charge in [-0.1, -0.05) is 0 Å². The number of hydrogen-bond donors (Lipinski definition) is 2. The van der Waals surface area contributed by atoms with Crippen molar-refractivity contribution in [1.29, 1.82) is 0 Å². The van der Waals surface area contributed by atoms with E-state index in [1.165, 1.54) is 7.11 Å². The van der Waals surface area contributed by atoms with Crippen LogP contribution in [-0.4, -0.2) is 28.7 Å². The zero-order valence-electron chi connectivity index (χ0n) is 9.74. The van der Waals surface area contributed by atoms with Gasteiger partial charge in [-0.25, -0.2) is 17.5 Å². The van der Waals surface area contributed by atoms with Crippen molar-refractivity contribution in [3.63, 3.8) is 0 Å². The summed E-state index contributed by atoms with van der Waals surface area (Å²) in [6.07, 6.45) is 0.540. The fourth-order valence-corrected chi connectivity index (χ4v) is 2.98. The van der Waals surface area contributed by atoms with Crippen LogP contribution in [-0.2, 0) is 14.8 Å². The summed E-state index contributed by atoms with van der Waals surface area (Å²) in [4.78, 5) is -0.145. The first kappa shape index (κ1) is 15.4. The Morgan fingerprint density at radius 2 is 2.17 bits per heavy atom. The summed E-state index contributed by atoms with van der Waals surface area (Å²) < 4.78 is 44.2.